The molecule has 1 saturated carbocycles. The number of hydrogen-bond acceptors (Lipinski definition) is 13. The van der Waals surface area contributed by atoms with Gasteiger partial charge in [-0.15, -0.1) is 0 Å². The normalized spacial score (nSPS) is 22.9. The summed E-state index contributed by atoms with van der Waals surface area (Å²) < 4.78 is 33.4. The van der Waals surface area contributed by atoms with Crippen LogP contribution in [0.5, 0.6) is 0 Å². The SMILES string of the molecule is CCCCCCCCC=CCCCCCCCC(=O)OCC(COP(=O)(O)OC1C(O)C(O)C(O)C(O)C1O)OC(=O)CCCC=CCC=CCC=CCC=CCCC(O)CC. The molecule has 358 valence electrons. The predicted molar refractivity (Wildman–Crippen MR) is 241 cm³/mol. The largest absolute Gasteiger partial charge is 0.472 e. The lowest BCUT2D eigenvalue weighted by Gasteiger charge is -2.41. The van der Waals surface area contributed by atoms with Crippen LogP contribution in [-0.4, -0.2) is 110 Å². The molecular formula is C47H81O14P. The summed E-state index contributed by atoms with van der Waals surface area (Å²) in [5.41, 5.74) is 0. The molecule has 7 N–H and O–H groups in total. The number of unbranched alkanes of at least 4 members (excludes halogenated alkanes) is 12. The van der Waals surface area contributed by atoms with E-state index in [2.05, 4.69) is 49.5 Å². The molecule has 0 radical (unpaired) electrons. The van der Waals surface area contributed by atoms with Gasteiger partial charge in [0.25, 0.3) is 0 Å². The molecule has 0 aliphatic heterocycles. The molecule has 14 nitrogen and oxygen atoms in total. The van der Waals surface area contributed by atoms with Crippen LogP contribution in [0.1, 0.15) is 162 Å². The van der Waals surface area contributed by atoms with Crippen LogP contribution in [-0.2, 0) is 32.7 Å². The lowest BCUT2D eigenvalue weighted by Crippen LogP contribution is -2.64. The molecule has 1 fully saturated rings. The van der Waals surface area contributed by atoms with Crippen LogP contribution in [0.15, 0.2) is 60.8 Å². The number of ether oxygens (including phenoxy) is 2. The Kier molecular flexibility index (Phi) is 34.2. The number of aliphatic hydroxyl groups excluding tert-OH is 6. The summed E-state index contributed by atoms with van der Waals surface area (Å²) in [6.45, 7) is 2.95. The molecule has 0 heterocycles. The number of aliphatic hydroxyl groups is 6. The lowest BCUT2D eigenvalue weighted by molar-refractivity contribution is -0.220. The van der Waals surface area contributed by atoms with E-state index in [0.29, 0.717) is 19.3 Å². The average molecular weight is 901 g/mol. The van der Waals surface area contributed by atoms with E-state index in [4.69, 9.17) is 18.5 Å². The van der Waals surface area contributed by atoms with Gasteiger partial charge in [0.1, 0.15) is 43.2 Å². The molecule has 15 heteroatoms. The zero-order chi connectivity index (χ0) is 45.9. The van der Waals surface area contributed by atoms with Gasteiger partial charge in [-0.25, -0.2) is 4.57 Å². The van der Waals surface area contributed by atoms with Crippen LogP contribution in [0.4, 0.5) is 0 Å². The summed E-state index contributed by atoms with van der Waals surface area (Å²) in [5, 5.41) is 59.7. The Morgan fingerprint density at radius 2 is 1.02 bits per heavy atom. The molecule has 0 aromatic carbocycles. The maximum Gasteiger partial charge on any atom is 0.472 e. The second-order valence-corrected chi connectivity index (χ2v) is 17.4. The predicted octanol–water partition coefficient (Wildman–Crippen LogP) is 7.92. The van der Waals surface area contributed by atoms with Crippen molar-refractivity contribution >= 4 is 19.8 Å². The number of carbonyl (C=O) groups is 2. The van der Waals surface area contributed by atoms with Crippen molar-refractivity contribution in [1.82, 2.24) is 0 Å². The van der Waals surface area contributed by atoms with E-state index in [1.165, 1.54) is 38.5 Å². The van der Waals surface area contributed by atoms with Gasteiger partial charge in [0.05, 0.1) is 12.7 Å². The Morgan fingerprint density at radius 1 is 0.565 bits per heavy atom. The Bertz CT molecular complexity index is 1330. The van der Waals surface area contributed by atoms with Crippen LogP contribution < -0.4 is 0 Å². The van der Waals surface area contributed by atoms with Crippen molar-refractivity contribution in [1.29, 1.82) is 0 Å². The highest BCUT2D eigenvalue weighted by molar-refractivity contribution is 7.47. The molecule has 1 rings (SSSR count). The molecule has 0 saturated heterocycles. The first-order valence-corrected chi connectivity index (χ1v) is 24.7. The number of allylic oxidation sites excluding steroid dienone is 10. The first-order chi connectivity index (χ1) is 29.8. The highest BCUT2D eigenvalue weighted by Crippen LogP contribution is 2.47. The highest BCUT2D eigenvalue weighted by atomic mass is 31.2. The van der Waals surface area contributed by atoms with Gasteiger partial charge in [0, 0.05) is 12.8 Å². The molecule has 1 aliphatic rings. The van der Waals surface area contributed by atoms with Gasteiger partial charge in [-0.05, 0) is 83.5 Å². The van der Waals surface area contributed by atoms with Crippen LogP contribution in [0.25, 0.3) is 0 Å². The van der Waals surface area contributed by atoms with Gasteiger partial charge in [0.15, 0.2) is 6.10 Å². The third-order valence-electron chi connectivity index (χ3n) is 10.5. The summed E-state index contributed by atoms with van der Waals surface area (Å²) in [7, 11) is -5.14. The molecule has 0 spiro atoms. The summed E-state index contributed by atoms with van der Waals surface area (Å²) >= 11 is 0. The molecule has 7 unspecified atom stereocenters. The second-order valence-electron chi connectivity index (χ2n) is 16.0. The van der Waals surface area contributed by atoms with Gasteiger partial charge in [0.2, 0.25) is 0 Å². The number of rotatable bonds is 37. The van der Waals surface area contributed by atoms with Gasteiger partial charge < -0.3 is 45.0 Å². The lowest BCUT2D eigenvalue weighted by atomic mass is 9.85. The van der Waals surface area contributed by atoms with Crippen LogP contribution in [0, 0.1) is 0 Å². The Balaban J connectivity index is 2.52. The third kappa shape index (κ3) is 29.1. The van der Waals surface area contributed by atoms with E-state index in [1.807, 2.05) is 25.2 Å². The van der Waals surface area contributed by atoms with Crippen molar-refractivity contribution in [3.05, 3.63) is 60.8 Å². The topological polar surface area (TPSA) is 230 Å². The Labute approximate surface area is 371 Å². The number of carbonyl (C=O) groups excluding carboxylic acids is 2. The van der Waals surface area contributed by atoms with Gasteiger partial charge >= 0.3 is 19.8 Å². The van der Waals surface area contributed by atoms with E-state index in [9.17, 15) is 49.7 Å². The number of hydrogen-bond donors (Lipinski definition) is 7. The zero-order valence-corrected chi connectivity index (χ0v) is 38.4. The minimum absolute atomic E-state index is 0.00379. The molecule has 7 atom stereocenters. The minimum atomic E-state index is -5.14. The standard InChI is InChI=1S/C47H81O14P/c1-3-5-6-7-8-9-10-11-12-16-19-22-25-28-31-34-40(49)58-36-39(37-59-62(56,57)61-47-45(54)43(52)42(51)44(53)46(47)55)60-41(50)35-32-29-26-23-20-17-14-13-15-18-21-24-27-30-33-38(48)4-2/h11-12,14-15,17-18,23-24,26-27,38-39,42-48,51-55H,3-10,13,16,19-22,25,28-37H2,1-2H3,(H,56,57). The second kappa shape index (κ2) is 36.8. The average Bonchev–Trinajstić information content (AvgIpc) is 3.25. The minimum Gasteiger partial charge on any atom is -0.462 e. The number of phosphoric ester groups is 1. The maximum absolute atomic E-state index is 12.8. The number of phosphoric acid groups is 1. The van der Waals surface area contributed by atoms with Crippen LogP contribution >= 0.6 is 7.82 Å². The molecular weight excluding hydrogens is 819 g/mol. The summed E-state index contributed by atoms with van der Waals surface area (Å²) in [5.74, 6) is -1.20. The molecule has 0 bridgehead atoms. The maximum atomic E-state index is 12.8. The van der Waals surface area contributed by atoms with Gasteiger partial charge in [-0.1, -0.05) is 126 Å². The monoisotopic (exact) mass is 901 g/mol. The van der Waals surface area contributed by atoms with Gasteiger partial charge in [-0.3, -0.25) is 18.6 Å². The van der Waals surface area contributed by atoms with Crippen LogP contribution in [0.3, 0.4) is 0 Å². The van der Waals surface area contributed by atoms with E-state index in [0.717, 1.165) is 77.0 Å². The van der Waals surface area contributed by atoms with Crippen molar-refractivity contribution < 1.29 is 68.2 Å². The molecule has 62 heavy (non-hydrogen) atoms. The van der Waals surface area contributed by atoms with Crippen molar-refractivity contribution in [2.75, 3.05) is 13.2 Å². The Morgan fingerprint density at radius 3 is 1.58 bits per heavy atom. The fourth-order valence-electron chi connectivity index (χ4n) is 6.55. The fourth-order valence-corrected chi connectivity index (χ4v) is 7.52. The van der Waals surface area contributed by atoms with E-state index < -0.39 is 75.7 Å². The van der Waals surface area contributed by atoms with Crippen molar-refractivity contribution in [3.63, 3.8) is 0 Å². The summed E-state index contributed by atoms with van der Waals surface area (Å²) in [6, 6.07) is 0. The van der Waals surface area contributed by atoms with Gasteiger partial charge in [-0.2, -0.15) is 0 Å². The zero-order valence-electron chi connectivity index (χ0n) is 37.5. The highest BCUT2D eigenvalue weighted by Gasteiger charge is 2.51. The Hall–Kier alpha value is -2.49. The molecule has 1 aliphatic carbocycles. The first kappa shape index (κ1) is 57.5. The number of esters is 2. The smallest absolute Gasteiger partial charge is 0.462 e. The third-order valence-corrected chi connectivity index (χ3v) is 11.5. The summed E-state index contributed by atoms with van der Waals surface area (Å²) in [6.07, 6.45) is 27.9. The first-order valence-electron chi connectivity index (χ1n) is 23.2. The van der Waals surface area contributed by atoms with E-state index in [-0.39, 0.29) is 18.9 Å². The summed E-state index contributed by atoms with van der Waals surface area (Å²) in [4.78, 5) is 35.7. The van der Waals surface area contributed by atoms with Crippen molar-refractivity contribution in [2.24, 2.45) is 0 Å². The van der Waals surface area contributed by atoms with E-state index in [1.54, 1.807) is 0 Å². The molecule has 0 aromatic heterocycles. The fraction of sp³-hybridized carbons (Fsp3) is 0.745. The van der Waals surface area contributed by atoms with Crippen molar-refractivity contribution in [2.45, 2.75) is 210 Å². The quantitative estimate of drug-likeness (QED) is 0.0136. The molecule has 0 amide bonds. The van der Waals surface area contributed by atoms with Crippen molar-refractivity contribution in [3.8, 4) is 0 Å². The van der Waals surface area contributed by atoms with Crippen LogP contribution in [0.2, 0.25) is 0 Å². The van der Waals surface area contributed by atoms with E-state index >= 15 is 0 Å². The molecule has 0 aromatic rings.